The lowest BCUT2D eigenvalue weighted by Gasteiger charge is -2.20. The minimum atomic E-state index is -0.186. The lowest BCUT2D eigenvalue weighted by atomic mass is 9.87. The number of rotatable bonds is 9. The fraction of sp³-hybridized carbons (Fsp3) is 0.414. The molecule has 4 aromatic rings. The Morgan fingerprint density at radius 1 is 1.21 bits per heavy atom. The second-order valence-corrected chi connectivity index (χ2v) is 11.3. The molecule has 2 unspecified atom stereocenters. The first kappa shape index (κ1) is 27.0. The normalized spacial score (nSPS) is 18.7. The Morgan fingerprint density at radius 2 is 2.05 bits per heavy atom. The minimum absolute atomic E-state index is 0.0171. The van der Waals surface area contributed by atoms with E-state index in [1.54, 1.807) is 29.1 Å². The van der Waals surface area contributed by atoms with E-state index in [9.17, 15) is 9.59 Å². The summed E-state index contributed by atoms with van der Waals surface area (Å²) in [7, 11) is 1.69. The highest BCUT2D eigenvalue weighted by Crippen LogP contribution is 2.40. The lowest BCUT2D eigenvalue weighted by Crippen LogP contribution is -2.36. The van der Waals surface area contributed by atoms with E-state index in [-0.39, 0.29) is 29.7 Å². The van der Waals surface area contributed by atoms with Crippen LogP contribution >= 0.6 is 11.3 Å². The number of nitrogens with zero attached hydrogens (tertiary/aromatic N) is 4. The summed E-state index contributed by atoms with van der Waals surface area (Å²) in [5.74, 6) is 0.294. The molecule has 0 bridgehead atoms. The molecule has 0 radical (unpaired) electrons. The molecule has 39 heavy (non-hydrogen) atoms. The molecule has 4 aromatic heterocycles. The van der Waals surface area contributed by atoms with Gasteiger partial charge in [0.2, 0.25) is 5.91 Å². The molecule has 0 aromatic carbocycles. The van der Waals surface area contributed by atoms with Crippen molar-refractivity contribution in [3.8, 4) is 21.8 Å². The summed E-state index contributed by atoms with van der Waals surface area (Å²) in [6.07, 6.45) is 7.04. The molecule has 10 heteroatoms. The highest BCUT2D eigenvalue weighted by atomic mass is 32.1. The van der Waals surface area contributed by atoms with Gasteiger partial charge in [0, 0.05) is 48.9 Å². The van der Waals surface area contributed by atoms with Crippen LogP contribution in [-0.2, 0) is 4.79 Å². The summed E-state index contributed by atoms with van der Waals surface area (Å²) in [5, 5.41) is 12.3. The molecule has 9 nitrogen and oxygen atoms in total. The van der Waals surface area contributed by atoms with Crippen molar-refractivity contribution in [2.75, 3.05) is 13.6 Å². The molecule has 4 atom stereocenters. The van der Waals surface area contributed by atoms with Gasteiger partial charge in [-0.3, -0.25) is 14.6 Å². The fourth-order valence-corrected chi connectivity index (χ4v) is 5.99. The summed E-state index contributed by atoms with van der Waals surface area (Å²) in [6, 6.07) is 9.57. The minimum Gasteiger partial charge on any atom is -0.359 e. The Kier molecular flexibility index (Phi) is 8.04. The van der Waals surface area contributed by atoms with Gasteiger partial charge in [-0.2, -0.15) is 5.10 Å². The van der Waals surface area contributed by atoms with Crippen molar-refractivity contribution >= 4 is 28.8 Å². The van der Waals surface area contributed by atoms with Gasteiger partial charge in [0.25, 0.3) is 5.91 Å². The number of nitrogens with two attached hydrogens (primary N) is 1. The second-order valence-electron chi connectivity index (χ2n) is 10.3. The van der Waals surface area contributed by atoms with E-state index in [2.05, 4.69) is 22.7 Å². The molecular weight excluding hydrogens is 510 g/mol. The predicted molar refractivity (Wildman–Crippen MR) is 153 cm³/mol. The smallest absolute Gasteiger partial charge is 0.251 e. The fourth-order valence-electron chi connectivity index (χ4n) is 5.29. The SMILES string of the molecule is CCC(N)CNC(=O)c1cc(-c2cnn3ccc(-c4cccs4)nc23)nc([C@@H](C)C2CC[C@@H](C(=O)NC)C2)c1. The van der Waals surface area contributed by atoms with E-state index in [1.807, 2.05) is 48.8 Å². The van der Waals surface area contributed by atoms with E-state index in [4.69, 9.17) is 15.7 Å². The first-order valence-corrected chi connectivity index (χ1v) is 14.4. The van der Waals surface area contributed by atoms with Gasteiger partial charge >= 0.3 is 0 Å². The molecular formula is C29H35N7O2S. The molecule has 0 saturated heterocycles. The second kappa shape index (κ2) is 11.6. The maximum absolute atomic E-state index is 13.3. The van der Waals surface area contributed by atoms with Gasteiger partial charge < -0.3 is 16.4 Å². The van der Waals surface area contributed by atoms with Gasteiger partial charge in [0.05, 0.1) is 28.0 Å². The first-order valence-electron chi connectivity index (χ1n) is 13.5. The van der Waals surface area contributed by atoms with Gasteiger partial charge in [-0.05, 0) is 61.2 Å². The number of fused-ring (bicyclic) bond motifs is 1. The van der Waals surface area contributed by atoms with Crippen LogP contribution in [-0.4, -0.2) is 51.0 Å². The van der Waals surface area contributed by atoms with Crippen LogP contribution in [0.25, 0.3) is 27.5 Å². The Balaban J connectivity index is 1.53. The number of aromatic nitrogens is 4. The topological polar surface area (TPSA) is 127 Å². The number of hydrogen-bond acceptors (Lipinski definition) is 7. The van der Waals surface area contributed by atoms with Crippen molar-refractivity contribution in [1.29, 1.82) is 0 Å². The molecule has 0 aliphatic heterocycles. The van der Waals surface area contributed by atoms with Gasteiger partial charge in [-0.25, -0.2) is 9.50 Å². The van der Waals surface area contributed by atoms with E-state index in [1.165, 1.54) is 0 Å². The third-order valence-corrected chi connectivity index (χ3v) is 8.73. The number of carbonyl (C=O) groups is 2. The summed E-state index contributed by atoms with van der Waals surface area (Å²) in [6.45, 7) is 4.54. The van der Waals surface area contributed by atoms with E-state index in [0.717, 1.165) is 47.5 Å². The molecule has 5 rings (SSSR count). The van der Waals surface area contributed by atoms with Crippen molar-refractivity contribution in [1.82, 2.24) is 30.2 Å². The quantitative estimate of drug-likeness (QED) is 0.289. The highest BCUT2D eigenvalue weighted by Gasteiger charge is 2.34. The van der Waals surface area contributed by atoms with E-state index >= 15 is 0 Å². The van der Waals surface area contributed by atoms with Crippen molar-refractivity contribution in [2.24, 2.45) is 17.6 Å². The number of carbonyl (C=O) groups excluding carboxylic acids is 2. The zero-order chi connectivity index (χ0) is 27.5. The molecule has 4 N–H and O–H groups in total. The maximum atomic E-state index is 13.3. The molecule has 204 valence electrons. The Hall–Kier alpha value is -3.63. The van der Waals surface area contributed by atoms with Crippen LogP contribution in [0.2, 0.25) is 0 Å². The number of nitrogens with one attached hydrogen (secondary N) is 2. The monoisotopic (exact) mass is 545 g/mol. The summed E-state index contributed by atoms with van der Waals surface area (Å²) >= 11 is 1.63. The standard InChI is InChI=1S/C29H35N7O2S/c1-4-21(30)15-32-29(38)20-13-24(17(2)18-7-8-19(12-18)28(37)31-3)34-25(14-20)22-16-33-36-10-9-23(35-27(22)36)26-6-5-11-39-26/h5-6,9-11,13-14,16-19,21H,4,7-8,12,15,30H2,1-3H3,(H,31,37)(H,32,38)/t17-,18?,19+,21?/m0/s1. The molecule has 2 amide bonds. The van der Waals surface area contributed by atoms with Crippen LogP contribution in [0.5, 0.6) is 0 Å². The van der Waals surface area contributed by atoms with Gasteiger partial charge in [-0.15, -0.1) is 11.3 Å². The zero-order valence-electron chi connectivity index (χ0n) is 22.6. The first-order chi connectivity index (χ1) is 18.9. The van der Waals surface area contributed by atoms with Crippen molar-refractivity contribution in [3.63, 3.8) is 0 Å². The summed E-state index contributed by atoms with van der Waals surface area (Å²) < 4.78 is 1.73. The molecule has 1 fully saturated rings. The third-order valence-electron chi connectivity index (χ3n) is 7.84. The molecule has 4 heterocycles. The molecule has 1 saturated carbocycles. The number of amides is 2. The van der Waals surface area contributed by atoms with Crippen LogP contribution in [0.3, 0.4) is 0 Å². The average molecular weight is 546 g/mol. The third kappa shape index (κ3) is 5.72. The van der Waals surface area contributed by atoms with E-state index < -0.39 is 0 Å². The number of thiophene rings is 1. The van der Waals surface area contributed by atoms with Crippen LogP contribution in [0, 0.1) is 11.8 Å². The highest BCUT2D eigenvalue weighted by molar-refractivity contribution is 7.13. The van der Waals surface area contributed by atoms with Crippen LogP contribution in [0.1, 0.15) is 61.5 Å². The summed E-state index contributed by atoms with van der Waals surface area (Å²) in [4.78, 5) is 36.5. The van der Waals surface area contributed by atoms with Crippen molar-refractivity contribution < 1.29 is 9.59 Å². The number of pyridine rings is 1. The Labute approximate surface area is 232 Å². The largest absolute Gasteiger partial charge is 0.359 e. The predicted octanol–water partition coefficient (Wildman–Crippen LogP) is 4.25. The molecule has 0 spiro atoms. The van der Waals surface area contributed by atoms with Crippen LogP contribution in [0.15, 0.2) is 48.1 Å². The molecule has 1 aliphatic carbocycles. The van der Waals surface area contributed by atoms with Gasteiger partial charge in [0.1, 0.15) is 0 Å². The van der Waals surface area contributed by atoms with Gasteiger partial charge in [-0.1, -0.05) is 19.9 Å². The van der Waals surface area contributed by atoms with Crippen molar-refractivity contribution in [2.45, 2.75) is 51.5 Å². The van der Waals surface area contributed by atoms with Crippen molar-refractivity contribution in [3.05, 3.63) is 59.4 Å². The zero-order valence-corrected chi connectivity index (χ0v) is 23.4. The van der Waals surface area contributed by atoms with E-state index in [0.29, 0.717) is 29.4 Å². The number of hydrogen-bond donors (Lipinski definition) is 3. The van der Waals surface area contributed by atoms with Crippen LogP contribution in [0.4, 0.5) is 0 Å². The maximum Gasteiger partial charge on any atom is 0.251 e. The van der Waals surface area contributed by atoms with Gasteiger partial charge in [0.15, 0.2) is 5.65 Å². The molecule has 1 aliphatic rings. The summed E-state index contributed by atoms with van der Waals surface area (Å²) in [5.41, 5.74) is 10.4. The Morgan fingerprint density at radius 3 is 2.79 bits per heavy atom. The lowest BCUT2D eigenvalue weighted by molar-refractivity contribution is -0.124. The Bertz CT molecular complexity index is 1470. The van der Waals surface area contributed by atoms with Crippen LogP contribution < -0.4 is 16.4 Å². The average Bonchev–Trinajstić information content (AvgIpc) is 3.75.